The van der Waals surface area contributed by atoms with Gasteiger partial charge < -0.3 is 10.5 Å². The van der Waals surface area contributed by atoms with E-state index in [-0.39, 0.29) is 22.9 Å². The van der Waals surface area contributed by atoms with Gasteiger partial charge in [0.1, 0.15) is 5.75 Å². The highest BCUT2D eigenvalue weighted by Gasteiger charge is 2.43. The number of hydrogen-bond acceptors (Lipinski definition) is 2. The largest absolute Gasteiger partial charge is 0.495 e. The lowest BCUT2D eigenvalue weighted by Gasteiger charge is -2.42. The molecule has 2 rings (SSSR count). The first-order chi connectivity index (χ1) is 8.05. The average molecular weight is 262 g/mol. The Morgan fingerprint density at radius 3 is 2.53 bits per heavy atom. The predicted octanol–water partition coefficient (Wildman–Crippen LogP) is 3.01. The second kappa shape index (κ2) is 4.42. The maximum atomic E-state index is 14.0. The van der Waals surface area contributed by atoms with E-state index in [1.807, 2.05) is 0 Å². The molecule has 0 aromatic heterocycles. The molecule has 1 fully saturated rings. The molecule has 1 aliphatic carbocycles. The summed E-state index contributed by atoms with van der Waals surface area (Å²) in [7, 11) is 1.39. The van der Waals surface area contributed by atoms with E-state index in [0.717, 1.165) is 25.3 Å². The molecule has 17 heavy (non-hydrogen) atoms. The fourth-order valence-corrected chi connectivity index (χ4v) is 2.68. The van der Waals surface area contributed by atoms with Gasteiger partial charge in [0.25, 0.3) is 0 Å². The molecule has 1 aromatic rings. The second-order valence-corrected chi connectivity index (χ2v) is 4.81. The number of nitrogens with two attached hydrogens (primary N) is 1. The standard InChI is InChI=1S/C12H14ClF2NO/c1-17-11-7(13)5-8(14)10(15)9(11)12(6-16)3-2-4-12/h5H,2-4,6,16H2,1H3. The first-order valence-corrected chi connectivity index (χ1v) is 5.85. The molecule has 0 bridgehead atoms. The van der Waals surface area contributed by atoms with Crippen molar-refractivity contribution in [2.24, 2.45) is 5.73 Å². The molecule has 0 aliphatic heterocycles. The molecular formula is C12H14ClF2NO. The zero-order valence-electron chi connectivity index (χ0n) is 9.53. The fraction of sp³-hybridized carbons (Fsp3) is 0.500. The number of ether oxygens (including phenoxy) is 1. The predicted molar refractivity (Wildman–Crippen MR) is 62.5 cm³/mol. The Hall–Kier alpha value is -0.870. The van der Waals surface area contributed by atoms with E-state index in [1.165, 1.54) is 7.11 Å². The summed E-state index contributed by atoms with van der Waals surface area (Å²) in [6.07, 6.45) is 2.42. The lowest BCUT2D eigenvalue weighted by Crippen LogP contribution is -2.42. The van der Waals surface area contributed by atoms with Gasteiger partial charge in [-0.15, -0.1) is 0 Å². The Morgan fingerprint density at radius 2 is 2.12 bits per heavy atom. The highest BCUT2D eigenvalue weighted by atomic mass is 35.5. The lowest BCUT2D eigenvalue weighted by atomic mass is 9.64. The van der Waals surface area contributed by atoms with Gasteiger partial charge in [0.15, 0.2) is 11.6 Å². The molecule has 94 valence electrons. The van der Waals surface area contributed by atoms with E-state index in [9.17, 15) is 8.78 Å². The lowest BCUT2D eigenvalue weighted by molar-refractivity contribution is 0.232. The van der Waals surface area contributed by atoms with Crippen LogP contribution in [0.3, 0.4) is 0 Å². The molecule has 0 radical (unpaired) electrons. The monoisotopic (exact) mass is 261 g/mol. The van der Waals surface area contributed by atoms with Gasteiger partial charge >= 0.3 is 0 Å². The summed E-state index contributed by atoms with van der Waals surface area (Å²) in [6, 6.07) is 0.933. The first kappa shape index (κ1) is 12.6. The molecule has 1 aliphatic rings. The molecule has 2 nitrogen and oxygen atoms in total. The van der Waals surface area contributed by atoms with Crippen LogP contribution < -0.4 is 10.5 Å². The molecule has 0 spiro atoms. The van der Waals surface area contributed by atoms with Crippen molar-refractivity contribution in [2.45, 2.75) is 24.7 Å². The van der Waals surface area contributed by atoms with Crippen LogP contribution in [0.4, 0.5) is 8.78 Å². The van der Waals surface area contributed by atoms with Crippen LogP contribution in [-0.2, 0) is 5.41 Å². The zero-order valence-corrected chi connectivity index (χ0v) is 10.3. The van der Waals surface area contributed by atoms with E-state index in [4.69, 9.17) is 22.1 Å². The normalized spacial score (nSPS) is 17.7. The van der Waals surface area contributed by atoms with Gasteiger partial charge in [-0.1, -0.05) is 18.0 Å². The van der Waals surface area contributed by atoms with Crippen molar-refractivity contribution in [2.75, 3.05) is 13.7 Å². The zero-order chi connectivity index (χ0) is 12.6. The quantitative estimate of drug-likeness (QED) is 0.849. The van der Waals surface area contributed by atoms with Crippen molar-refractivity contribution in [3.05, 3.63) is 28.3 Å². The van der Waals surface area contributed by atoms with Crippen molar-refractivity contribution in [1.82, 2.24) is 0 Å². The topological polar surface area (TPSA) is 35.2 Å². The summed E-state index contributed by atoms with van der Waals surface area (Å²) < 4.78 is 32.5. The van der Waals surface area contributed by atoms with Crippen molar-refractivity contribution < 1.29 is 13.5 Å². The van der Waals surface area contributed by atoms with Gasteiger partial charge in [-0.3, -0.25) is 0 Å². The van der Waals surface area contributed by atoms with Gasteiger partial charge in [-0.2, -0.15) is 0 Å². The first-order valence-electron chi connectivity index (χ1n) is 5.48. The maximum Gasteiger partial charge on any atom is 0.166 e. The molecule has 0 atom stereocenters. The second-order valence-electron chi connectivity index (χ2n) is 4.40. The van der Waals surface area contributed by atoms with Gasteiger partial charge in [-0.25, -0.2) is 8.78 Å². The third-order valence-electron chi connectivity index (χ3n) is 3.56. The number of hydrogen-bond donors (Lipinski definition) is 1. The van der Waals surface area contributed by atoms with E-state index < -0.39 is 17.0 Å². The summed E-state index contributed by atoms with van der Waals surface area (Å²) in [5.74, 6) is -1.64. The van der Waals surface area contributed by atoms with Gasteiger partial charge in [0, 0.05) is 17.5 Å². The molecule has 1 aromatic carbocycles. The SMILES string of the molecule is COc1c(Cl)cc(F)c(F)c1C1(CN)CCC1. The molecule has 1 saturated carbocycles. The van der Waals surface area contributed by atoms with Crippen LogP contribution >= 0.6 is 11.6 Å². The number of rotatable bonds is 3. The Bertz CT molecular complexity index is 441. The van der Waals surface area contributed by atoms with Crippen LogP contribution in [-0.4, -0.2) is 13.7 Å². The van der Waals surface area contributed by atoms with Crippen molar-refractivity contribution >= 4 is 11.6 Å². The molecule has 0 saturated heterocycles. The fourth-order valence-electron chi connectivity index (χ4n) is 2.41. The number of methoxy groups -OCH3 is 1. The Morgan fingerprint density at radius 1 is 1.47 bits per heavy atom. The maximum absolute atomic E-state index is 14.0. The van der Waals surface area contributed by atoms with Crippen molar-refractivity contribution in [3.8, 4) is 5.75 Å². The van der Waals surface area contributed by atoms with Crippen LogP contribution in [0.5, 0.6) is 5.75 Å². The summed E-state index contributed by atoms with van der Waals surface area (Å²) in [5, 5.41) is 0.0844. The van der Waals surface area contributed by atoms with Gasteiger partial charge in [0.2, 0.25) is 0 Å². The van der Waals surface area contributed by atoms with Crippen molar-refractivity contribution in [1.29, 1.82) is 0 Å². The minimum atomic E-state index is -0.953. The van der Waals surface area contributed by atoms with E-state index >= 15 is 0 Å². The van der Waals surface area contributed by atoms with Crippen molar-refractivity contribution in [3.63, 3.8) is 0 Å². The highest BCUT2D eigenvalue weighted by molar-refractivity contribution is 6.32. The van der Waals surface area contributed by atoms with Gasteiger partial charge in [0.05, 0.1) is 12.1 Å². The summed E-state index contributed by atoms with van der Waals surface area (Å²) in [6.45, 7) is 0.264. The van der Waals surface area contributed by atoms with E-state index in [0.29, 0.717) is 0 Å². The molecule has 5 heteroatoms. The molecule has 0 amide bonds. The number of halogens is 3. The summed E-state index contributed by atoms with van der Waals surface area (Å²) in [5.41, 5.74) is 5.37. The van der Waals surface area contributed by atoms with Gasteiger partial charge in [-0.05, 0) is 18.9 Å². The van der Waals surface area contributed by atoms with Crippen LogP contribution in [0.25, 0.3) is 0 Å². The summed E-state index contributed by atoms with van der Waals surface area (Å²) in [4.78, 5) is 0. The smallest absolute Gasteiger partial charge is 0.166 e. The van der Waals surface area contributed by atoms with Crippen LogP contribution in [0, 0.1) is 11.6 Å². The van der Waals surface area contributed by atoms with Crippen LogP contribution in [0.1, 0.15) is 24.8 Å². The van der Waals surface area contributed by atoms with E-state index in [2.05, 4.69) is 0 Å². The highest BCUT2D eigenvalue weighted by Crippen LogP contribution is 2.49. The molecule has 2 N–H and O–H groups in total. The minimum absolute atomic E-state index is 0.0844. The third-order valence-corrected chi connectivity index (χ3v) is 3.84. The number of benzene rings is 1. The molecular weight excluding hydrogens is 248 g/mol. The Labute approximate surface area is 104 Å². The van der Waals surface area contributed by atoms with Crippen LogP contribution in [0.15, 0.2) is 6.07 Å². The molecule has 0 unspecified atom stereocenters. The Kier molecular flexibility index (Phi) is 3.27. The third kappa shape index (κ3) is 1.79. The Balaban J connectivity index is 2.65. The average Bonchev–Trinajstić information content (AvgIpc) is 2.24. The van der Waals surface area contributed by atoms with Crippen LogP contribution in [0.2, 0.25) is 5.02 Å². The minimum Gasteiger partial charge on any atom is -0.495 e. The molecule has 0 heterocycles. The summed E-state index contributed by atoms with van der Waals surface area (Å²) >= 11 is 5.88. The van der Waals surface area contributed by atoms with E-state index in [1.54, 1.807) is 0 Å².